The van der Waals surface area contributed by atoms with Gasteiger partial charge in [0.2, 0.25) is 5.78 Å². The van der Waals surface area contributed by atoms with Crippen LogP contribution in [0.2, 0.25) is 0 Å². The van der Waals surface area contributed by atoms with Crippen molar-refractivity contribution in [3.63, 3.8) is 0 Å². The van der Waals surface area contributed by atoms with Crippen molar-refractivity contribution in [2.75, 3.05) is 0 Å². The summed E-state index contributed by atoms with van der Waals surface area (Å²) in [6.07, 6.45) is 9.41. The average molecular weight is 511 g/mol. The van der Waals surface area contributed by atoms with Crippen molar-refractivity contribution >= 4 is 5.78 Å². The average Bonchev–Trinajstić information content (AvgIpc) is 3.41. The lowest BCUT2D eigenvalue weighted by atomic mass is 9.78. The molecule has 38 heavy (non-hydrogen) atoms. The predicted molar refractivity (Wildman–Crippen MR) is 156 cm³/mol. The molecule has 0 amide bonds. The summed E-state index contributed by atoms with van der Waals surface area (Å²) in [5.74, 6) is 1.42. The third kappa shape index (κ3) is 4.95. The van der Waals surface area contributed by atoms with E-state index in [1.165, 1.54) is 16.7 Å². The van der Waals surface area contributed by atoms with Gasteiger partial charge in [-0.25, -0.2) is 4.52 Å². The number of aryl methyl sites for hydroxylation is 1. The number of benzene rings is 2. The molecule has 0 unspecified atom stereocenters. The van der Waals surface area contributed by atoms with E-state index in [0.29, 0.717) is 12.2 Å². The van der Waals surface area contributed by atoms with Gasteiger partial charge >= 0.3 is 0 Å². The number of hydrogen-bond acceptors (Lipinski definition) is 3. The Hall–Kier alpha value is -3.21. The van der Waals surface area contributed by atoms with Crippen LogP contribution in [0.5, 0.6) is 0 Å². The minimum atomic E-state index is 0.111. The topological polar surface area (TPSA) is 52.2 Å². The Morgan fingerprint density at radius 1 is 0.974 bits per heavy atom. The monoisotopic (exact) mass is 510 g/mol. The van der Waals surface area contributed by atoms with Crippen LogP contribution in [0.15, 0.2) is 59.7 Å². The quantitative estimate of drug-likeness (QED) is 0.246. The molecule has 0 saturated heterocycles. The van der Waals surface area contributed by atoms with E-state index in [-0.39, 0.29) is 17.0 Å². The summed E-state index contributed by atoms with van der Waals surface area (Å²) in [6, 6.07) is 17.8. The lowest BCUT2D eigenvalue weighted by Crippen LogP contribution is -2.34. The molecule has 0 radical (unpaired) electrons. The molecule has 5 heteroatoms. The molecule has 0 aliphatic heterocycles. The van der Waals surface area contributed by atoms with Gasteiger partial charge in [-0.2, -0.15) is 10.1 Å². The number of hydrogen-bond donors (Lipinski definition) is 0. The molecular weight excluding hydrogens is 468 g/mol. The van der Waals surface area contributed by atoms with Gasteiger partial charge in [0.15, 0.2) is 0 Å². The zero-order chi connectivity index (χ0) is 26.9. The van der Waals surface area contributed by atoms with Crippen LogP contribution in [0, 0.1) is 5.92 Å². The van der Waals surface area contributed by atoms with Crippen LogP contribution in [0.3, 0.4) is 0 Å². The van der Waals surface area contributed by atoms with Crippen LogP contribution in [0.4, 0.5) is 0 Å². The normalized spacial score (nSPS) is 18.2. The summed E-state index contributed by atoms with van der Waals surface area (Å²) in [7, 11) is 0. The zero-order valence-corrected chi connectivity index (χ0v) is 23.7. The number of aromatic nitrogens is 4. The van der Waals surface area contributed by atoms with Gasteiger partial charge in [0.1, 0.15) is 6.33 Å². The van der Waals surface area contributed by atoms with Gasteiger partial charge in [0.05, 0.1) is 5.69 Å². The molecule has 1 fully saturated rings. The van der Waals surface area contributed by atoms with E-state index in [2.05, 4.69) is 93.2 Å². The van der Waals surface area contributed by atoms with Crippen molar-refractivity contribution in [1.29, 1.82) is 0 Å². The molecule has 5 nitrogen and oxygen atoms in total. The molecular formula is C33H42N4O. The van der Waals surface area contributed by atoms with Crippen molar-refractivity contribution in [1.82, 2.24) is 19.2 Å². The molecule has 0 N–H and O–H groups in total. The molecule has 1 saturated carbocycles. The second-order valence-corrected chi connectivity index (χ2v) is 11.9. The number of rotatable bonds is 8. The highest BCUT2D eigenvalue weighted by Crippen LogP contribution is 2.36. The molecule has 1 aliphatic carbocycles. The molecule has 5 rings (SSSR count). The first-order valence-corrected chi connectivity index (χ1v) is 14.5. The maximum absolute atomic E-state index is 14.1. The lowest BCUT2D eigenvalue weighted by Gasteiger charge is -2.29. The van der Waals surface area contributed by atoms with Crippen LogP contribution >= 0.6 is 0 Å². The van der Waals surface area contributed by atoms with Crippen molar-refractivity contribution in [3.05, 3.63) is 87.6 Å². The Labute approximate surface area is 226 Å². The van der Waals surface area contributed by atoms with Crippen LogP contribution in [-0.2, 0) is 18.3 Å². The first-order chi connectivity index (χ1) is 18.3. The lowest BCUT2D eigenvalue weighted by molar-refractivity contribution is 0.286. The van der Waals surface area contributed by atoms with Crippen LogP contribution in [0.25, 0.3) is 16.9 Å². The Morgan fingerprint density at radius 2 is 1.68 bits per heavy atom. The molecule has 0 spiro atoms. The molecule has 200 valence electrons. The van der Waals surface area contributed by atoms with Crippen molar-refractivity contribution in [2.45, 2.75) is 97.4 Å². The minimum absolute atomic E-state index is 0.111. The van der Waals surface area contributed by atoms with E-state index in [1.807, 2.05) is 9.08 Å². The highest BCUT2D eigenvalue weighted by molar-refractivity contribution is 5.69. The summed E-state index contributed by atoms with van der Waals surface area (Å²) in [5.41, 5.74) is 7.14. The molecule has 2 aromatic carbocycles. The molecule has 1 aliphatic rings. The van der Waals surface area contributed by atoms with Crippen LogP contribution in [0.1, 0.15) is 102 Å². The fraction of sp³-hybridized carbons (Fsp3) is 0.485. The van der Waals surface area contributed by atoms with Crippen molar-refractivity contribution in [3.8, 4) is 11.1 Å². The van der Waals surface area contributed by atoms with E-state index in [9.17, 15) is 4.79 Å². The van der Waals surface area contributed by atoms with Crippen molar-refractivity contribution in [2.24, 2.45) is 5.92 Å². The van der Waals surface area contributed by atoms with E-state index in [4.69, 9.17) is 0 Å². The van der Waals surface area contributed by atoms with Gasteiger partial charge in [0, 0.05) is 18.0 Å². The van der Waals surface area contributed by atoms with Gasteiger partial charge in [0.25, 0.3) is 5.56 Å². The summed E-state index contributed by atoms with van der Waals surface area (Å²) >= 11 is 0. The summed E-state index contributed by atoms with van der Waals surface area (Å²) in [4.78, 5) is 18.7. The van der Waals surface area contributed by atoms with Crippen LogP contribution in [-0.4, -0.2) is 19.2 Å². The maximum Gasteiger partial charge on any atom is 0.259 e. The van der Waals surface area contributed by atoms with Crippen molar-refractivity contribution < 1.29 is 0 Å². The fourth-order valence-corrected chi connectivity index (χ4v) is 6.10. The predicted octanol–water partition coefficient (Wildman–Crippen LogP) is 7.54. The van der Waals surface area contributed by atoms with Gasteiger partial charge in [-0.05, 0) is 72.1 Å². The fourth-order valence-electron chi connectivity index (χ4n) is 6.10. The number of fused-ring (bicyclic) bond motifs is 1. The van der Waals surface area contributed by atoms with Crippen LogP contribution < -0.4 is 5.56 Å². The summed E-state index contributed by atoms with van der Waals surface area (Å²) < 4.78 is 3.90. The Balaban J connectivity index is 1.54. The highest BCUT2D eigenvalue weighted by Gasteiger charge is 2.27. The van der Waals surface area contributed by atoms with Gasteiger partial charge in [-0.3, -0.25) is 9.36 Å². The second kappa shape index (κ2) is 10.9. The van der Waals surface area contributed by atoms with E-state index >= 15 is 0 Å². The summed E-state index contributed by atoms with van der Waals surface area (Å²) in [5, 5.41) is 4.59. The van der Waals surface area contributed by atoms with E-state index in [1.54, 1.807) is 6.33 Å². The molecule has 2 heterocycles. The van der Waals surface area contributed by atoms with Gasteiger partial charge in [-0.15, -0.1) is 0 Å². The van der Waals surface area contributed by atoms with Gasteiger partial charge in [-0.1, -0.05) is 89.6 Å². The standard InChI is InChI=1S/C33H42N4O/c1-6-10-30-28(31(38)36(32-34-22-35-37(30)32)26-19-13-23(3)14-20-26)21-24-15-17-25(18-16-24)27-11-8-9-12-29(27)33(4,5)7-2/h8-9,11-12,15-18,22-23,26H,6-7,10,13-14,19-21H2,1-5H3. The summed E-state index contributed by atoms with van der Waals surface area (Å²) in [6.45, 7) is 11.3. The smallest absolute Gasteiger partial charge is 0.259 e. The molecule has 2 aromatic heterocycles. The Kier molecular flexibility index (Phi) is 7.56. The Bertz CT molecular complexity index is 1450. The number of nitrogens with zero attached hydrogens (tertiary/aromatic N) is 4. The largest absolute Gasteiger partial charge is 0.274 e. The minimum Gasteiger partial charge on any atom is -0.274 e. The SMILES string of the molecule is CCCc1c(Cc2ccc(-c3ccccc3C(C)(C)CC)cc2)c(=O)n(C2CCC(C)CC2)c2ncnn12. The zero-order valence-electron chi connectivity index (χ0n) is 23.7. The third-order valence-corrected chi connectivity index (χ3v) is 8.85. The first kappa shape index (κ1) is 26.4. The Morgan fingerprint density at radius 3 is 2.37 bits per heavy atom. The van der Waals surface area contributed by atoms with E-state index in [0.717, 1.165) is 67.7 Å². The maximum atomic E-state index is 14.1. The molecule has 0 atom stereocenters. The first-order valence-electron chi connectivity index (χ1n) is 14.5. The third-order valence-electron chi connectivity index (χ3n) is 8.85. The van der Waals surface area contributed by atoms with Gasteiger partial charge < -0.3 is 0 Å². The van der Waals surface area contributed by atoms with E-state index < -0.39 is 0 Å². The molecule has 0 bridgehead atoms. The highest BCUT2D eigenvalue weighted by atomic mass is 16.1. The second-order valence-electron chi connectivity index (χ2n) is 11.9. The molecule has 4 aromatic rings.